The van der Waals surface area contributed by atoms with E-state index in [9.17, 15) is 14.7 Å². The zero-order valence-electron chi connectivity index (χ0n) is 15.6. The van der Waals surface area contributed by atoms with E-state index in [4.69, 9.17) is 16.3 Å². The molecule has 0 aromatic carbocycles. The number of carbonyl (C=O) groups excluding carboxylic acids is 1. The predicted octanol–water partition coefficient (Wildman–Crippen LogP) is 2.77. The Labute approximate surface area is 164 Å². The number of hydrogen-bond donors (Lipinski definition) is 1. The fourth-order valence-corrected chi connectivity index (χ4v) is 4.73. The van der Waals surface area contributed by atoms with Crippen LogP contribution in [0.5, 0.6) is 0 Å². The molecule has 3 rings (SSSR count). The number of carboxylic acid groups (broad SMARTS) is 1. The second kappa shape index (κ2) is 8.44. The van der Waals surface area contributed by atoms with Crippen LogP contribution in [0.15, 0.2) is 18.3 Å². The lowest BCUT2D eigenvalue weighted by molar-refractivity contribution is -0.149. The molecule has 8 heteroatoms. The van der Waals surface area contributed by atoms with Crippen LogP contribution in [-0.4, -0.2) is 71.3 Å². The molecule has 2 aliphatic rings. The number of ether oxygens (including phenoxy) is 1. The summed E-state index contributed by atoms with van der Waals surface area (Å²) in [6.07, 6.45) is 4.55. The SMILES string of the molecule is COC(=O)C1(c2ncccc2Cl)CCC(N2CCCN(C(=O)O)CC2)CC1. The summed E-state index contributed by atoms with van der Waals surface area (Å²) in [5.41, 5.74) is -0.201. The highest BCUT2D eigenvalue weighted by Gasteiger charge is 2.47. The van der Waals surface area contributed by atoms with Crippen molar-refractivity contribution in [2.24, 2.45) is 0 Å². The van der Waals surface area contributed by atoms with Crippen molar-refractivity contribution in [3.63, 3.8) is 0 Å². The molecular formula is C19H26ClN3O4. The molecule has 1 aromatic heterocycles. The second-order valence-corrected chi connectivity index (χ2v) is 7.71. The highest BCUT2D eigenvalue weighted by atomic mass is 35.5. The van der Waals surface area contributed by atoms with Crippen molar-refractivity contribution < 1.29 is 19.4 Å². The van der Waals surface area contributed by atoms with Gasteiger partial charge in [0.15, 0.2) is 0 Å². The van der Waals surface area contributed by atoms with Gasteiger partial charge >= 0.3 is 12.1 Å². The molecule has 1 saturated carbocycles. The lowest BCUT2D eigenvalue weighted by Crippen LogP contribution is -2.48. The van der Waals surface area contributed by atoms with Crippen LogP contribution in [0.2, 0.25) is 5.02 Å². The first-order valence-corrected chi connectivity index (χ1v) is 9.77. The van der Waals surface area contributed by atoms with E-state index in [0.717, 1.165) is 32.4 Å². The van der Waals surface area contributed by atoms with Crippen LogP contribution in [-0.2, 0) is 14.9 Å². The Balaban J connectivity index is 1.72. The molecule has 1 amide bonds. The summed E-state index contributed by atoms with van der Waals surface area (Å²) in [4.78, 5) is 32.2. The fraction of sp³-hybridized carbons (Fsp3) is 0.632. The lowest BCUT2D eigenvalue weighted by Gasteiger charge is -2.41. The number of esters is 1. The van der Waals surface area contributed by atoms with Crippen LogP contribution in [0.1, 0.15) is 37.8 Å². The van der Waals surface area contributed by atoms with E-state index in [2.05, 4.69) is 9.88 Å². The first-order valence-electron chi connectivity index (χ1n) is 9.39. The van der Waals surface area contributed by atoms with Gasteiger partial charge in [-0.05, 0) is 44.2 Å². The summed E-state index contributed by atoms with van der Waals surface area (Å²) in [6.45, 7) is 2.71. The van der Waals surface area contributed by atoms with Gasteiger partial charge < -0.3 is 14.7 Å². The largest absolute Gasteiger partial charge is 0.468 e. The van der Waals surface area contributed by atoms with E-state index in [1.807, 2.05) is 0 Å². The van der Waals surface area contributed by atoms with Gasteiger partial charge in [-0.2, -0.15) is 0 Å². The number of nitrogens with zero attached hydrogens (tertiary/aromatic N) is 3. The molecule has 1 aliphatic heterocycles. The third-order valence-corrected chi connectivity index (χ3v) is 6.22. The lowest BCUT2D eigenvalue weighted by atomic mass is 9.69. The van der Waals surface area contributed by atoms with Gasteiger partial charge in [0.05, 0.1) is 17.8 Å². The summed E-state index contributed by atoms with van der Waals surface area (Å²) < 4.78 is 5.12. The van der Waals surface area contributed by atoms with Crippen molar-refractivity contribution in [2.75, 3.05) is 33.3 Å². The van der Waals surface area contributed by atoms with Gasteiger partial charge in [-0.15, -0.1) is 0 Å². The second-order valence-electron chi connectivity index (χ2n) is 7.30. The summed E-state index contributed by atoms with van der Waals surface area (Å²) in [5, 5.41) is 9.70. The molecule has 0 atom stereocenters. The van der Waals surface area contributed by atoms with Crippen LogP contribution in [0.4, 0.5) is 4.79 Å². The number of rotatable bonds is 3. The van der Waals surface area contributed by atoms with Crippen molar-refractivity contribution in [1.29, 1.82) is 0 Å². The molecule has 0 unspecified atom stereocenters. The van der Waals surface area contributed by atoms with Crippen molar-refractivity contribution >= 4 is 23.7 Å². The van der Waals surface area contributed by atoms with E-state index in [-0.39, 0.29) is 5.97 Å². The number of carbonyl (C=O) groups is 2. The minimum absolute atomic E-state index is 0.283. The molecule has 0 radical (unpaired) electrons. The average molecular weight is 396 g/mol. The molecule has 0 spiro atoms. The minimum Gasteiger partial charge on any atom is -0.468 e. The first kappa shape index (κ1) is 19.9. The van der Waals surface area contributed by atoms with E-state index in [0.29, 0.717) is 42.7 Å². The Morgan fingerprint density at radius 1 is 1.26 bits per heavy atom. The smallest absolute Gasteiger partial charge is 0.407 e. The molecule has 1 aromatic rings. The topological polar surface area (TPSA) is 83.0 Å². The Bertz CT molecular complexity index is 691. The number of halogens is 1. The summed E-state index contributed by atoms with van der Waals surface area (Å²) in [7, 11) is 1.41. The van der Waals surface area contributed by atoms with Crippen LogP contribution in [0, 0.1) is 0 Å². The van der Waals surface area contributed by atoms with Crippen molar-refractivity contribution in [3.8, 4) is 0 Å². The molecule has 0 bridgehead atoms. The first-order chi connectivity index (χ1) is 13.0. The molecule has 1 N–H and O–H groups in total. The number of methoxy groups -OCH3 is 1. The monoisotopic (exact) mass is 395 g/mol. The highest BCUT2D eigenvalue weighted by Crippen LogP contribution is 2.43. The normalized spacial score (nSPS) is 27.0. The maximum Gasteiger partial charge on any atom is 0.407 e. The third kappa shape index (κ3) is 4.04. The summed E-state index contributed by atoms with van der Waals surface area (Å²) in [6, 6.07) is 3.85. The summed E-state index contributed by atoms with van der Waals surface area (Å²) in [5.74, 6) is -0.283. The van der Waals surface area contributed by atoms with Gasteiger partial charge in [0.2, 0.25) is 0 Å². The molecule has 7 nitrogen and oxygen atoms in total. The minimum atomic E-state index is -0.852. The molecule has 2 fully saturated rings. The van der Waals surface area contributed by atoms with E-state index < -0.39 is 11.5 Å². The molecular weight excluding hydrogens is 370 g/mol. The van der Waals surface area contributed by atoms with Crippen molar-refractivity contribution in [2.45, 2.75) is 43.6 Å². The van der Waals surface area contributed by atoms with Crippen LogP contribution < -0.4 is 0 Å². The summed E-state index contributed by atoms with van der Waals surface area (Å²) >= 11 is 6.36. The standard InChI is InChI=1S/C19H26ClN3O4/c1-27-17(24)19(16-15(20)4-2-9-21-16)7-5-14(6-8-19)22-10-3-11-23(13-12-22)18(25)26/h2,4,9,14H,3,5-8,10-13H2,1H3,(H,25,26). The average Bonchev–Trinajstić information content (AvgIpc) is 2.94. The van der Waals surface area contributed by atoms with Crippen LogP contribution in [0.25, 0.3) is 0 Å². The van der Waals surface area contributed by atoms with Gasteiger partial charge in [0.1, 0.15) is 5.41 Å². The van der Waals surface area contributed by atoms with Crippen LogP contribution >= 0.6 is 11.6 Å². The Morgan fingerprint density at radius 3 is 2.63 bits per heavy atom. The number of aromatic nitrogens is 1. The van der Waals surface area contributed by atoms with Gasteiger partial charge in [0, 0.05) is 38.4 Å². The van der Waals surface area contributed by atoms with Gasteiger partial charge in [-0.25, -0.2) is 4.79 Å². The maximum absolute atomic E-state index is 12.7. The van der Waals surface area contributed by atoms with Crippen molar-refractivity contribution in [3.05, 3.63) is 29.0 Å². The van der Waals surface area contributed by atoms with Gasteiger partial charge in [-0.3, -0.25) is 14.7 Å². The number of amides is 1. The molecule has 1 saturated heterocycles. The quantitative estimate of drug-likeness (QED) is 0.792. The number of hydrogen-bond acceptors (Lipinski definition) is 5. The van der Waals surface area contributed by atoms with E-state index >= 15 is 0 Å². The van der Waals surface area contributed by atoms with E-state index in [1.54, 1.807) is 18.3 Å². The molecule has 1 aliphatic carbocycles. The van der Waals surface area contributed by atoms with Gasteiger partial charge in [-0.1, -0.05) is 11.6 Å². The molecule has 148 valence electrons. The predicted molar refractivity (Wildman–Crippen MR) is 101 cm³/mol. The third-order valence-electron chi connectivity index (χ3n) is 5.91. The molecule has 2 heterocycles. The van der Waals surface area contributed by atoms with Crippen molar-refractivity contribution in [1.82, 2.24) is 14.8 Å². The Morgan fingerprint density at radius 2 is 2.00 bits per heavy atom. The molecule has 27 heavy (non-hydrogen) atoms. The Hall–Kier alpha value is -1.86. The van der Waals surface area contributed by atoms with E-state index in [1.165, 1.54) is 12.0 Å². The highest BCUT2D eigenvalue weighted by molar-refractivity contribution is 6.31. The van der Waals surface area contributed by atoms with Gasteiger partial charge in [0.25, 0.3) is 0 Å². The zero-order chi connectivity index (χ0) is 19.4. The number of pyridine rings is 1. The Kier molecular flexibility index (Phi) is 6.22. The van der Waals surface area contributed by atoms with Crippen LogP contribution in [0.3, 0.4) is 0 Å². The fourth-order valence-electron chi connectivity index (χ4n) is 4.43. The zero-order valence-corrected chi connectivity index (χ0v) is 16.3. The maximum atomic E-state index is 12.7.